The van der Waals surface area contributed by atoms with Gasteiger partial charge in [-0.05, 0) is 43.2 Å². The van der Waals surface area contributed by atoms with Gasteiger partial charge in [0.25, 0.3) is 11.8 Å². The molecule has 2 aromatic rings. The number of H-pyrrole nitrogens is 1. The number of nitrogens with one attached hydrogen (secondary N) is 2. The second-order valence-electron chi connectivity index (χ2n) is 6.90. The van der Waals surface area contributed by atoms with Crippen LogP contribution < -0.4 is 10.1 Å². The Balaban J connectivity index is 1.46. The zero-order chi connectivity index (χ0) is 21.7. The number of piperidine rings is 1. The molecule has 0 atom stereocenters. The third-order valence-electron chi connectivity index (χ3n) is 4.74. The fourth-order valence-electron chi connectivity index (χ4n) is 3.14. The molecule has 2 heterocycles. The van der Waals surface area contributed by atoms with Crippen molar-refractivity contribution in [3.8, 4) is 5.75 Å². The van der Waals surface area contributed by atoms with Crippen molar-refractivity contribution >= 4 is 11.8 Å². The predicted octanol–water partition coefficient (Wildman–Crippen LogP) is 2.63. The molecule has 0 bridgehead atoms. The van der Waals surface area contributed by atoms with Crippen LogP contribution in [0.25, 0.3) is 0 Å². The Bertz CT molecular complexity index is 875. The minimum absolute atomic E-state index is 0.00346. The van der Waals surface area contributed by atoms with E-state index in [0.29, 0.717) is 37.4 Å². The minimum Gasteiger partial charge on any atom is -0.484 e. The highest BCUT2D eigenvalue weighted by Crippen LogP contribution is 2.27. The lowest BCUT2D eigenvalue weighted by Crippen LogP contribution is -2.40. The standard InChI is InChI=1S/C19H20F4N4O3/c20-13-1-3-14(4-2-13)30-10-17(28)27-7-5-12(6-8-27)15-9-16(26-25-15)18(29)24-11-19(21,22)23/h1-4,9,12H,5-8,10-11H2,(H,24,29)(H,25,26). The molecule has 7 nitrogen and oxygen atoms in total. The van der Waals surface area contributed by atoms with E-state index >= 15 is 0 Å². The molecule has 2 amide bonds. The lowest BCUT2D eigenvalue weighted by atomic mass is 9.93. The van der Waals surface area contributed by atoms with Crippen molar-refractivity contribution in [2.75, 3.05) is 26.2 Å². The highest BCUT2D eigenvalue weighted by atomic mass is 19.4. The Morgan fingerprint density at radius 3 is 2.50 bits per heavy atom. The van der Waals surface area contributed by atoms with Gasteiger partial charge in [-0.3, -0.25) is 14.7 Å². The van der Waals surface area contributed by atoms with Gasteiger partial charge >= 0.3 is 6.18 Å². The molecule has 0 saturated carbocycles. The maximum atomic E-state index is 12.9. The van der Waals surface area contributed by atoms with Crippen LogP contribution in [0.1, 0.15) is 34.9 Å². The van der Waals surface area contributed by atoms with Gasteiger partial charge in [0.15, 0.2) is 6.61 Å². The molecule has 30 heavy (non-hydrogen) atoms. The first kappa shape index (κ1) is 21.6. The minimum atomic E-state index is -4.49. The van der Waals surface area contributed by atoms with E-state index in [-0.39, 0.29) is 24.1 Å². The first-order chi connectivity index (χ1) is 14.2. The monoisotopic (exact) mass is 428 g/mol. The number of rotatable bonds is 6. The fraction of sp³-hybridized carbons (Fsp3) is 0.421. The number of alkyl halides is 3. The highest BCUT2D eigenvalue weighted by molar-refractivity contribution is 5.92. The van der Waals surface area contributed by atoms with Gasteiger partial charge in [-0.15, -0.1) is 0 Å². The molecule has 1 fully saturated rings. The van der Waals surface area contributed by atoms with Crippen LogP contribution in [-0.2, 0) is 4.79 Å². The SMILES string of the molecule is O=C(NCC(F)(F)F)c1cc(C2CCN(C(=O)COc3ccc(F)cc3)CC2)[nH]n1. The Morgan fingerprint density at radius 1 is 1.20 bits per heavy atom. The molecule has 0 radical (unpaired) electrons. The van der Waals surface area contributed by atoms with Crippen molar-refractivity contribution in [3.63, 3.8) is 0 Å². The van der Waals surface area contributed by atoms with Crippen molar-refractivity contribution in [2.24, 2.45) is 0 Å². The van der Waals surface area contributed by atoms with E-state index < -0.39 is 24.4 Å². The van der Waals surface area contributed by atoms with Gasteiger partial charge < -0.3 is 15.0 Å². The molecular formula is C19H20F4N4O3. The first-order valence-electron chi connectivity index (χ1n) is 9.27. The van der Waals surface area contributed by atoms with E-state index in [1.54, 1.807) is 10.2 Å². The molecule has 162 valence electrons. The number of halogens is 4. The zero-order valence-corrected chi connectivity index (χ0v) is 15.8. The summed E-state index contributed by atoms with van der Waals surface area (Å²) in [6.07, 6.45) is -3.28. The molecule has 11 heteroatoms. The van der Waals surface area contributed by atoms with Crippen molar-refractivity contribution in [2.45, 2.75) is 24.9 Å². The second kappa shape index (κ2) is 9.14. The first-order valence-corrected chi connectivity index (χ1v) is 9.27. The van der Waals surface area contributed by atoms with Gasteiger partial charge in [-0.1, -0.05) is 0 Å². The molecule has 0 unspecified atom stereocenters. The molecule has 1 saturated heterocycles. The average molecular weight is 428 g/mol. The molecule has 1 aliphatic heterocycles. The Labute approximate surface area is 169 Å². The summed E-state index contributed by atoms with van der Waals surface area (Å²) >= 11 is 0. The smallest absolute Gasteiger partial charge is 0.405 e. The summed E-state index contributed by atoms with van der Waals surface area (Å²) in [5.41, 5.74) is 0.530. The summed E-state index contributed by atoms with van der Waals surface area (Å²) in [6, 6.07) is 6.80. The van der Waals surface area contributed by atoms with Crippen LogP contribution in [0.4, 0.5) is 17.6 Å². The summed E-state index contributed by atoms with van der Waals surface area (Å²) in [5.74, 6) is -1.09. The number of benzene rings is 1. The predicted molar refractivity (Wildman–Crippen MR) is 97.4 cm³/mol. The number of aromatic nitrogens is 2. The molecule has 1 aromatic carbocycles. The molecule has 0 spiro atoms. The number of hydrogen-bond acceptors (Lipinski definition) is 4. The molecule has 0 aliphatic carbocycles. The van der Waals surface area contributed by atoms with Gasteiger partial charge in [0.1, 0.15) is 23.8 Å². The number of aromatic amines is 1. The third kappa shape index (κ3) is 5.94. The van der Waals surface area contributed by atoms with E-state index in [1.807, 2.05) is 0 Å². The van der Waals surface area contributed by atoms with E-state index in [1.165, 1.54) is 30.3 Å². The molecular weight excluding hydrogens is 408 g/mol. The molecule has 3 rings (SSSR count). The van der Waals surface area contributed by atoms with Crippen LogP contribution in [0.2, 0.25) is 0 Å². The number of nitrogens with zero attached hydrogens (tertiary/aromatic N) is 2. The van der Waals surface area contributed by atoms with Crippen LogP contribution in [-0.4, -0.2) is 59.3 Å². The van der Waals surface area contributed by atoms with E-state index in [0.717, 1.165) is 0 Å². The molecule has 2 N–H and O–H groups in total. The Kier molecular flexibility index (Phi) is 6.58. The summed E-state index contributed by atoms with van der Waals surface area (Å²) in [4.78, 5) is 25.7. The average Bonchev–Trinajstić information content (AvgIpc) is 3.21. The van der Waals surface area contributed by atoms with Crippen LogP contribution in [0.15, 0.2) is 30.3 Å². The highest BCUT2D eigenvalue weighted by Gasteiger charge is 2.29. The van der Waals surface area contributed by atoms with Crippen LogP contribution in [0.3, 0.4) is 0 Å². The summed E-state index contributed by atoms with van der Waals surface area (Å²) < 4.78 is 54.8. The van der Waals surface area contributed by atoms with Crippen LogP contribution in [0.5, 0.6) is 5.75 Å². The Morgan fingerprint density at radius 2 is 1.87 bits per heavy atom. The maximum Gasteiger partial charge on any atom is 0.405 e. The second-order valence-corrected chi connectivity index (χ2v) is 6.90. The largest absolute Gasteiger partial charge is 0.484 e. The third-order valence-corrected chi connectivity index (χ3v) is 4.74. The fourth-order valence-corrected chi connectivity index (χ4v) is 3.14. The lowest BCUT2D eigenvalue weighted by molar-refractivity contribution is -0.134. The van der Waals surface area contributed by atoms with Gasteiger partial charge in [0.05, 0.1) is 0 Å². The molecule has 1 aliphatic rings. The summed E-state index contributed by atoms with van der Waals surface area (Å²) in [5, 5.41) is 8.26. The van der Waals surface area contributed by atoms with Gasteiger partial charge in [-0.2, -0.15) is 18.3 Å². The summed E-state index contributed by atoms with van der Waals surface area (Å²) in [7, 11) is 0. The lowest BCUT2D eigenvalue weighted by Gasteiger charge is -2.31. The normalized spacial score (nSPS) is 15.1. The summed E-state index contributed by atoms with van der Waals surface area (Å²) in [6.45, 7) is -0.659. The van der Waals surface area contributed by atoms with Crippen molar-refractivity contribution in [1.82, 2.24) is 20.4 Å². The van der Waals surface area contributed by atoms with Crippen LogP contribution >= 0.6 is 0 Å². The number of ether oxygens (including phenoxy) is 1. The Hall–Kier alpha value is -3.11. The number of carbonyl (C=O) groups excluding carboxylic acids is 2. The molecule has 1 aromatic heterocycles. The van der Waals surface area contributed by atoms with E-state index in [2.05, 4.69) is 10.2 Å². The number of hydrogen-bond donors (Lipinski definition) is 2. The van der Waals surface area contributed by atoms with E-state index in [4.69, 9.17) is 4.74 Å². The van der Waals surface area contributed by atoms with Gasteiger partial charge in [0.2, 0.25) is 0 Å². The quantitative estimate of drug-likeness (QED) is 0.693. The van der Waals surface area contributed by atoms with Crippen molar-refractivity contribution in [3.05, 3.63) is 47.5 Å². The van der Waals surface area contributed by atoms with E-state index in [9.17, 15) is 27.2 Å². The van der Waals surface area contributed by atoms with Gasteiger partial charge in [-0.25, -0.2) is 4.39 Å². The van der Waals surface area contributed by atoms with Gasteiger partial charge in [0, 0.05) is 24.7 Å². The van der Waals surface area contributed by atoms with Crippen molar-refractivity contribution < 1.29 is 31.9 Å². The maximum absolute atomic E-state index is 12.9. The van der Waals surface area contributed by atoms with Crippen molar-refractivity contribution in [1.29, 1.82) is 0 Å². The number of amides is 2. The number of carbonyl (C=O) groups is 2. The topological polar surface area (TPSA) is 87.3 Å². The van der Waals surface area contributed by atoms with Crippen LogP contribution in [0, 0.1) is 5.82 Å². The zero-order valence-electron chi connectivity index (χ0n) is 15.8. The number of likely N-dealkylation sites (tertiary alicyclic amines) is 1.